The number of piperidine rings is 1. The summed E-state index contributed by atoms with van der Waals surface area (Å²) in [7, 11) is 0. The Bertz CT molecular complexity index is 419. The Labute approximate surface area is 122 Å². The smallest absolute Gasteiger partial charge is 0.0639 e. The lowest BCUT2D eigenvalue weighted by Gasteiger charge is -2.39. The highest BCUT2D eigenvalue weighted by Gasteiger charge is 2.26. The first-order chi connectivity index (χ1) is 9.11. The summed E-state index contributed by atoms with van der Waals surface area (Å²) in [5.41, 5.74) is 2.47. The van der Waals surface area contributed by atoms with E-state index < -0.39 is 0 Å². The summed E-state index contributed by atoms with van der Waals surface area (Å²) in [5, 5.41) is 4.53. The van der Waals surface area contributed by atoms with Crippen molar-refractivity contribution in [1.82, 2.24) is 5.32 Å². The highest BCUT2D eigenvalue weighted by Crippen LogP contribution is 2.30. The fourth-order valence-electron chi connectivity index (χ4n) is 2.86. The maximum Gasteiger partial charge on any atom is 0.0639 e. The largest absolute Gasteiger partial charge is 0.370 e. The minimum absolute atomic E-state index is 0.653. The molecule has 2 unspecified atom stereocenters. The molecule has 1 aliphatic rings. The van der Waals surface area contributed by atoms with Gasteiger partial charge in [0.1, 0.15) is 0 Å². The molecule has 3 heteroatoms. The fourth-order valence-corrected chi connectivity index (χ4v) is 3.10. The molecule has 0 amide bonds. The van der Waals surface area contributed by atoms with Crippen molar-refractivity contribution in [3.8, 4) is 0 Å². The Morgan fingerprint density at radius 2 is 2.21 bits per heavy atom. The zero-order valence-corrected chi connectivity index (χ0v) is 13.0. The van der Waals surface area contributed by atoms with Crippen LogP contribution in [0.3, 0.4) is 0 Å². The van der Waals surface area contributed by atoms with E-state index in [0.717, 1.165) is 24.7 Å². The maximum atomic E-state index is 6.34. The molecule has 1 heterocycles. The van der Waals surface area contributed by atoms with Gasteiger partial charge in [0.2, 0.25) is 0 Å². The number of nitrogens with one attached hydrogen (secondary N) is 1. The van der Waals surface area contributed by atoms with Gasteiger partial charge in [-0.3, -0.25) is 0 Å². The molecule has 1 fully saturated rings. The normalized spacial score (nSPS) is 23.7. The first-order valence-electron chi connectivity index (χ1n) is 7.36. The molecule has 1 aliphatic heterocycles. The number of benzene rings is 1. The number of halogens is 1. The molecule has 2 atom stereocenters. The molecule has 19 heavy (non-hydrogen) atoms. The molecule has 0 aliphatic carbocycles. The molecule has 106 valence electrons. The van der Waals surface area contributed by atoms with E-state index >= 15 is 0 Å². The van der Waals surface area contributed by atoms with Crippen molar-refractivity contribution < 1.29 is 0 Å². The van der Waals surface area contributed by atoms with Gasteiger partial charge in [-0.15, -0.1) is 0 Å². The Kier molecular flexibility index (Phi) is 5.12. The summed E-state index contributed by atoms with van der Waals surface area (Å²) < 4.78 is 0. The fraction of sp³-hybridized carbons (Fsp3) is 0.625. The standard InChI is InChI=1S/C16H25ClN2/c1-4-8-18-15-7-9-19(11-13(15)3)16-10-12(2)5-6-14(16)17/h5-6,10,13,15,18H,4,7-9,11H2,1-3H3. The van der Waals surface area contributed by atoms with Gasteiger partial charge in [0.05, 0.1) is 10.7 Å². The summed E-state index contributed by atoms with van der Waals surface area (Å²) >= 11 is 6.34. The van der Waals surface area contributed by atoms with E-state index in [1.165, 1.54) is 24.1 Å². The van der Waals surface area contributed by atoms with Crippen molar-refractivity contribution in [2.45, 2.75) is 39.7 Å². The van der Waals surface area contributed by atoms with Crippen LogP contribution < -0.4 is 10.2 Å². The predicted molar refractivity (Wildman–Crippen MR) is 84.3 cm³/mol. The van der Waals surface area contributed by atoms with Crippen LogP contribution in [0.2, 0.25) is 5.02 Å². The second-order valence-corrected chi connectivity index (χ2v) is 6.13. The Hall–Kier alpha value is -0.730. The third kappa shape index (κ3) is 3.64. The van der Waals surface area contributed by atoms with E-state index in [-0.39, 0.29) is 0 Å². The van der Waals surface area contributed by atoms with Crippen LogP contribution in [0.5, 0.6) is 0 Å². The predicted octanol–water partition coefficient (Wildman–Crippen LogP) is 3.86. The van der Waals surface area contributed by atoms with Crippen LogP contribution in [0, 0.1) is 12.8 Å². The number of hydrogen-bond acceptors (Lipinski definition) is 2. The third-order valence-corrected chi connectivity index (χ3v) is 4.32. The van der Waals surface area contributed by atoms with Gasteiger partial charge >= 0.3 is 0 Å². The van der Waals surface area contributed by atoms with Crippen LogP contribution >= 0.6 is 11.6 Å². The summed E-state index contributed by atoms with van der Waals surface area (Å²) in [6, 6.07) is 6.94. The van der Waals surface area contributed by atoms with E-state index in [1.54, 1.807) is 0 Å². The summed E-state index contributed by atoms with van der Waals surface area (Å²) in [6.07, 6.45) is 2.40. The van der Waals surface area contributed by atoms with Crippen LogP contribution in [0.15, 0.2) is 18.2 Å². The van der Waals surface area contributed by atoms with E-state index in [4.69, 9.17) is 11.6 Å². The number of nitrogens with zero attached hydrogens (tertiary/aromatic N) is 1. The lowest BCUT2D eigenvalue weighted by molar-refractivity contribution is 0.322. The van der Waals surface area contributed by atoms with Crippen molar-refractivity contribution in [1.29, 1.82) is 0 Å². The Balaban J connectivity index is 2.03. The van der Waals surface area contributed by atoms with Crippen molar-refractivity contribution in [2.24, 2.45) is 5.92 Å². The molecular formula is C16H25ClN2. The molecule has 2 nitrogen and oxygen atoms in total. The molecule has 0 bridgehead atoms. The van der Waals surface area contributed by atoms with Crippen LogP contribution in [0.1, 0.15) is 32.3 Å². The van der Waals surface area contributed by atoms with Crippen molar-refractivity contribution in [3.63, 3.8) is 0 Å². The highest BCUT2D eigenvalue weighted by atomic mass is 35.5. The average Bonchev–Trinajstić information content (AvgIpc) is 2.40. The van der Waals surface area contributed by atoms with Crippen LogP contribution in [0.4, 0.5) is 5.69 Å². The van der Waals surface area contributed by atoms with Gasteiger partial charge in [0.25, 0.3) is 0 Å². The van der Waals surface area contributed by atoms with Crippen LogP contribution in [0.25, 0.3) is 0 Å². The minimum atomic E-state index is 0.653. The van der Waals surface area contributed by atoms with Gasteiger partial charge in [0.15, 0.2) is 0 Å². The van der Waals surface area contributed by atoms with Crippen molar-refractivity contribution >= 4 is 17.3 Å². The van der Waals surface area contributed by atoms with Gasteiger partial charge < -0.3 is 10.2 Å². The van der Waals surface area contributed by atoms with Crippen molar-refractivity contribution in [3.05, 3.63) is 28.8 Å². The first kappa shape index (κ1) is 14.7. The molecule has 0 spiro atoms. The third-order valence-electron chi connectivity index (χ3n) is 4.00. The lowest BCUT2D eigenvalue weighted by Crippen LogP contribution is -2.48. The molecule has 1 saturated heterocycles. The van der Waals surface area contributed by atoms with E-state index in [0.29, 0.717) is 12.0 Å². The van der Waals surface area contributed by atoms with E-state index in [2.05, 4.69) is 43.1 Å². The quantitative estimate of drug-likeness (QED) is 0.901. The highest BCUT2D eigenvalue weighted by molar-refractivity contribution is 6.33. The Morgan fingerprint density at radius 1 is 1.42 bits per heavy atom. The minimum Gasteiger partial charge on any atom is -0.370 e. The second kappa shape index (κ2) is 6.62. The Morgan fingerprint density at radius 3 is 2.89 bits per heavy atom. The van der Waals surface area contributed by atoms with Gasteiger partial charge in [-0.2, -0.15) is 0 Å². The maximum absolute atomic E-state index is 6.34. The zero-order valence-electron chi connectivity index (χ0n) is 12.2. The number of hydrogen-bond donors (Lipinski definition) is 1. The summed E-state index contributed by atoms with van der Waals surface area (Å²) in [6.45, 7) is 9.99. The summed E-state index contributed by atoms with van der Waals surface area (Å²) in [5.74, 6) is 0.664. The monoisotopic (exact) mass is 280 g/mol. The molecule has 1 aromatic rings. The van der Waals surface area contributed by atoms with E-state index in [1.807, 2.05) is 6.07 Å². The zero-order chi connectivity index (χ0) is 13.8. The first-order valence-corrected chi connectivity index (χ1v) is 7.74. The number of anilines is 1. The molecular weight excluding hydrogens is 256 g/mol. The number of rotatable bonds is 4. The van der Waals surface area contributed by atoms with Crippen molar-refractivity contribution in [2.75, 3.05) is 24.5 Å². The van der Waals surface area contributed by atoms with Gasteiger partial charge in [-0.25, -0.2) is 0 Å². The molecule has 0 radical (unpaired) electrons. The molecule has 2 rings (SSSR count). The second-order valence-electron chi connectivity index (χ2n) is 5.73. The van der Waals surface area contributed by atoms with Gasteiger partial charge in [-0.05, 0) is 49.9 Å². The summed E-state index contributed by atoms with van der Waals surface area (Å²) in [4.78, 5) is 2.43. The topological polar surface area (TPSA) is 15.3 Å². The van der Waals surface area contributed by atoms with Crippen LogP contribution in [-0.4, -0.2) is 25.7 Å². The molecule has 1 aromatic carbocycles. The van der Waals surface area contributed by atoms with Crippen LogP contribution in [-0.2, 0) is 0 Å². The lowest BCUT2D eigenvalue weighted by atomic mass is 9.93. The molecule has 0 aromatic heterocycles. The SMILES string of the molecule is CCCNC1CCN(c2cc(C)ccc2Cl)CC1C. The van der Waals surface area contributed by atoms with E-state index in [9.17, 15) is 0 Å². The van der Waals surface area contributed by atoms with Gasteiger partial charge in [-0.1, -0.05) is 31.5 Å². The molecule has 0 saturated carbocycles. The number of aryl methyl sites for hydroxylation is 1. The average molecular weight is 281 g/mol. The molecule has 1 N–H and O–H groups in total. The van der Waals surface area contributed by atoms with Gasteiger partial charge in [0, 0.05) is 19.1 Å².